The number of amides is 1. The molecule has 0 bridgehead atoms. The second kappa shape index (κ2) is 7.77. The van der Waals surface area contributed by atoms with E-state index in [-0.39, 0.29) is 22.6 Å². The molecular weight excluding hydrogens is 390 g/mol. The average Bonchev–Trinajstić information content (AvgIpc) is 3.11. The number of aryl methyl sites for hydroxylation is 1. The summed E-state index contributed by atoms with van der Waals surface area (Å²) in [5.74, 6) is 0.421. The number of nitrogens with zero attached hydrogens (tertiary/aromatic N) is 3. The van der Waals surface area contributed by atoms with Crippen LogP contribution < -0.4 is 15.4 Å². The lowest BCUT2D eigenvalue weighted by atomic mass is 10.1. The quantitative estimate of drug-likeness (QED) is 0.552. The predicted molar refractivity (Wildman–Crippen MR) is 105 cm³/mol. The van der Waals surface area contributed by atoms with Gasteiger partial charge in [-0.15, -0.1) is 0 Å². The first-order valence-electron chi connectivity index (χ1n) is 7.78. The van der Waals surface area contributed by atoms with Crippen molar-refractivity contribution >= 4 is 45.5 Å². The molecule has 140 valence electrons. The van der Waals surface area contributed by atoms with E-state index in [1.165, 1.54) is 19.6 Å². The molecule has 0 spiro atoms. The highest BCUT2D eigenvalue weighted by Gasteiger charge is 2.17. The number of anilines is 3. The van der Waals surface area contributed by atoms with Gasteiger partial charge in [-0.3, -0.25) is 4.79 Å². The lowest BCUT2D eigenvalue weighted by Gasteiger charge is -2.12. The van der Waals surface area contributed by atoms with E-state index in [9.17, 15) is 9.90 Å². The Morgan fingerprint density at radius 2 is 2.04 bits per heavy atom. The Morgan fingerprint density at radius 1 is 1.26 bits per heavy atom. The third kappa shape index (κ3) is 3.93. The zero-order chi connectivity index (χ0) is 19.6. The van der Waals surface area contributed by atoms with Crippen LogP contribution in [-0.2, 0) is 0 Å². The van der Waals surface area contributed by atoms with Crippen molar-refractivity contribution in [3.05, 3.63) is 45.8 Å². The Kier molecular flexibility index (Phi) is 5.43. The maximum absolute atomic E-state index is 12.6. The van der Waals surface area contributed by atoms with Crippen LogP contribution in [0.3, 0.4) is 0 Å². The van der Waals surface area contributed by atoms with Gasteiger partial charge in [-0.25, -0.2) is 15.0 Å². The van der Waals surface area contributed by atoms with Crippen molar-refractivity contribution in [1.29, 1.82) is 0 Å². The zero-order valence-electron chi connectivity index (χ0n) is 14.7. The van der Waals surface area contributed by atoms with Crippen LogP contribution in [0, 0.1) is 13.8 Å². The van der Waals surface area contributed by atoms with Crippen molar-refractivity contribution in [3.63, 3.8) is 0 Å². The van der Waals surface area contributed by atoms with Gasteiger partial charge in [0, 0.05) is 5.56 Å². The van der Waals surface area contributed by atoms with Gasteiger partial charge in [0.2, 0.25) is 0 Å². The number of nitrogens with one attached hydrogen (secondary N) is 2. The fraction of sp³-hybridized carbons (Fsp3) is 0.176. The number of halogens is 1. The molecule has 0 unspecified atom stereocenters. The number of thiazole rings is 1. The summed E-state index contributed by atoms with van der Waals surface area (Å²) in [6.45, 7) is 3.59. The molecule has 8 nitrogen and oxygen atoms in total. The molecule has 2 aromatic heterocycles. The van der Waals surface area contributed by atoms with E-state index in [1.54, 1.807) is 19.1 Å². The van der Waals surface area contributed by atoms with E-state index in [0.29, 0.717) is 27.1 Å². The third-order valence-electron chi connectivity index (χ3n) is 3.80. The molecule has 3 rings (SSSR count). The van der Waals surface area contributed by atoms with Gasteiger partial charge >= 0.3 is 0 Å². The minimum Gasteiger partial charge on any atom is -0.508 e. The third-order valence-corrected chi connectivity index (χ3v) is 4.98. The maximum atomic E-state index is 12.6. The molecular formula is C17H16ClN5O3S. The number of ether oxygens (including phenoxy) is 1. The Balaban J connectivity index is 1.79. The predicted octanol–water partition coefficient (Wildman–Crippen LogP) is 3.91. The number of benzene rings is 1. The fourth-order valence-electron chi connectivity index (χ4n) is 2.36. The van der Waals surface area contributed by atoms with E-state index >= 15 is 0 Å². The normalized spacial score (nSPS) is 10.5. The fourth-order valence-corrected chi connectivity index (χ4v) is 3.28. The lowest BCUT2D eigenvalue weighted by Crippen LogP contribution is -2.12. The summed E-state index contributed by atoms with van der Waals surface area (Å²) in [6.07, 6.45) is 2.74. The monoisotopic (exact) mass is 405 g/mol. The van der Waals surface area contributed by atoms with E-state index in [4.69, 9.17) is 16.3 Å². The van der Waals surface area contributed by atoms with Gasteiger partial charge in [-0.05, 0) is 25.5 Å². The Morgan fingerprint density at radius 3 is 2.78 bits per heavy atom. The molecule has 10 heteroatoms. The summed E-state index contributed by atoms with van der Waals surface area (Å²) < 4.78 is 5.17. The summed E-state index contributed by atoms with van der Waals surface area (Å²) >= 11 is 7.11. The summed E-state index contributed by atoms with van der Waals surface area (Å²) in [7, 11) is 1.45. The molecule has 0 saturated heterocycles. The summed E-state index contributed by atoms with van der Waals surface area (Å²) in [5.41, 5.74) is 2.03. The van der Waals surface area contributed by atoms with Gasteiger partial charge in [0.25, 0.3) is 5.91 Å². The molecule has 0 radical (unpaired) electrons. The molecule has 0 aliphatic carbocycles. The molecule has 1 amide bonds. The maximum Gasteiger partial charge on any atom is 0.267 e. The largest absolute Gasteiger partial charge is 0.508 e. The van der Waals surface area contributed by atoms with Gasteiger partial charge in [0.1, 0.15) is 17.0 Å². The molecule has 27 heavy (non-hydrogen) atoms. The topological polar surface area (TPSA) is 109 Å². The summed E-state index contributed by atoms with van der Waals surface area (Å²) in [5, 5.41) is 16.2. The van der Waals surface area contributed by atoms with E-state index in [1.807, 2.05) is 6.92 Å². The van der Waals surface area contributed by atoms with Crippen LogP contribution in [0.5, 0.6) is 11.5 Å². The number of hydrogen-bond donors (Lipinski definition) is 3. The first kappa shape index (κ1) is 18.9. The van der Waals surface area contributed by atoms with Gasteiger partial charge < -0.3 is 20.5 Å². The van der Waals surface area contributed by atoms with Crippen LogP contribution >= 0.6 is 22.9 Å². The minimum absolute atomic E-state index is 0.121. The Labute approximate surface area is 164 Å². The van der Waals surface area contributed by atoms with Crippen LogP contribution in [0.15, 0.2) is 24.7 Å². The number of hydrogen-bond acceptors (Lipinski definition) is 8. The zero-order valence-corrected chi connectivity index (χ0v) is 16.3. The standard InChI is InChI=1S/C17H16ClN5O3S/c1-8-4-5-10(24)9(2)12(8)22-16(25)11-6-19-17(27-11)23-15-13(26-3)14(18)20-7-21-15/h4-7,24H,1-3H3,(H,22,25)(H,19,20,21,23). The highest BCUT2D eigenvalue weighted by atomic mass is 35.5. The molecule has 2 heterocycles. The van der Waals surface area contributed by atoms with Crippen LogP contribution in [0.25, 0.3) is 0 Å². The molecule has 3 aromatic rings. The lowest BCUT2D eigenvalue weighted by molar-refractivity contribution is 0.103. The van der Waals surface area contributed by atoms with Crippen molar-refractivity contribution < 1.29 is 14.6 Å². The summed E-state index contributed by atoms with van der Waals surface area (Å²) in [6, 6.07) is 3.33. The van der Waals surface area contributed by atoms with Gasteiger partial charge in [0.05, 0.1) is 19.0 Å². The van der Waals surface area contributed by atoms with Gasteiger partial charge in [-0.2, -0.15) is 0 Å². The number of phenols is 1. The smallest absolute Gasteiger partial charge is 0.267 e. The molecule has 3 N–H and O–H groups in total. The van der Waals surface area contributed by atoms with Crippen LogP contribution in [-0.4, -0.2) is 33.1 Å². The number of aromatic hydroxyl groups is 1. The number of aromatic nitrogens is 3. The molecule has 0 aliphatic rings. The van der Waals surface area contributed by atoms with Gasteiger partial charge in [0.15, 0.2) is 21.9 Å². The second-order valence-electron chi connectivity index (χ2n) is 5.56. The van der Waals surface area contributed by atoms with Crippen molar-refractivity contribution in [1.82, 2.24) is 15.0 Å². The molecule has 1 aromatic carbocycles. The Bertz CT molecular complexity index is 1010. The van der Waals surface area contributed by atoms with Crippen molar-refractivity contribution in [3.8, 4) is 11.5 Å². The first-order valence-corrected chi connectivity index (χ1v) is 8.98. The number of carbonyl (C=O) groups is 1. The number of carbonyl (C=O) groups excluding carboxylic acids is 1. The molecule has 0 atom stereocenters. The second-order valence-corrected chi connectivity index (χ2v) is 6.95. The van der Waals surface area contributed by atoms with Crippen LogP contribution in [0.1, 0.15) is 20.8 Å². The van der Waals surface area contributed by atoms with Crippen molar-refractivity contribution in [2.75, 3.05) is 17.7 Å². The number of rotatable bonds is 5. The number of phenolic OH excluding ortho intramolecular Hbond substituents is 1. The van der Waals surface area contributed by atoms with Crippen LogP contribution in [0.4, 0.5) is 16.6 Å². The first-order chi connectivity index (χ1) is 12.9. The van der Waals surface area contributed by atoms with Gasteiger partial charge in [-0.1, -0.05) is 29.0 Å². The van der Waals surface area contributed by atoms with Crippen molar-refractivity contribution in [2.45, 2.75) is 13.8 Å². The highest BCUT2D eigenvalue weighted by Crippen LogP contribution is 2.33. The van der Waals surface area contributed by atoms with E-state index < -0.39 is 0 Å². The van der Waals surface area contributed by atoms with Crippen LogP contribution in [0.2, 0.25) is 5.15 Å². The van der Waals surface area contributed by atoms with E-state index in [2.05, 4.69) is 25.6 Å². The van der Waals surface area contributed by atoms with Crippen molar-refractivity contribution in [2.24, 2.45) is 0 Å². The Hall–Kier alpha value is -2.91. The highest BCUT2D eigenvalue weighted by molar-refractivity contribution is 7.17. The molecule has 0 saturated carbocycles. The minimum atomic E-state index is -0.329. The van der Waals surface area contributed by atoms with E-state index in [0.717, 1.165) is 16.9 Å². The molecule has 0 fully saturated rings. The summed E-state index contributed by atoms with van der Waals surface area (Å²) in [4.78, 5) is 25.0. The number of methoxy groups -OCH3 is 1. The SMILES string of the molecule is COc1c(Cl)ncnc1Nc1ncc(C(=O)Nc2c(C)ccc(O)c2C)s1. The molecule has 0 aliphatic heterocycles. The average molecular weight is 406 g/mol.